The molecule has 4 heteroatoms. The third-order valence-electron chi connectivity index (χ3n) is 3.13. The minimum absolute atomic E-state index is 0.172. The van der Waals surface area contributed by atoms with Crippen LogP contribution in [0.2, 0.25) is 0 Å². The molecule has 0 spiro atoms. The van der Waals surface area contributed by atoms with Gasteiger partial charge < -0.3 is 5.32 Å². The highest BCUT2D eigenvalue weighted by Crippen LogP contribution is 2.44. The highest BCUT2D eigenvalue weighted by Gasteiger charge is 2.33. The summed E-state index contributed by atoms with van der Waals surface area (Å²) in [7, 11) is 0. The normalized spacial score (nSPS) is 16.6. The van der Waals surface area contributed by atoms with E-state index >= 15 is 0 Å². The number of thiophene rings is 1. The van der Waals surface area contributed by atoms with E-state index in [2.05, 4.69) is 11.4 Å². The maximum Gasteiger partial charge on any atom is 0.128 e. The molecule has 1 aliphatic carbocycles. The molecule has 1 aromatic carbocycles. The van der Waals surface area contributed by atoms with Gasteiger partial charge >= 0.3 is 0 Å². The Kier molecular flexibility index (Phi) is 3.04. The summed E-state index contributed by atoms with van der Waals surface area (Å²) in [6, 6.07) is 7.81. The van der Waals surface area contributed by atoms with Crippen LogP contribution in [0.4, 0.5) is 14.5 Å². The van der Waals surface area contributed by atoms with Crippen LogP contribution in [0.15, 0.2) is 35.7 Å². The highest BCUT2D eigenvalue weighted by molar-refractivity contribution is 7.10. The second-order valence-electron chi connectivity index (χ2n) is 4.63. The van der Waals surface area contributed by atoms with Gasteiger partial charge in [-0.25, -0.2) is 8.78 Å². The fourth-order valence-corrected chi connectivity index (χ4v) is 3.01. The van der Waals surface area contributed by atoms with Crippen molar-refractivity contribution in [3.63, 3.8) is 0 Å². The molecule has 18 heavy (non-hydrogen) atoms. The van der Waals surface area contributed by atoms with E-state index in [9.17, 15) is 8.78 Å². The lowest BCUT2D eigenvalue weighted by Crippen LogP contribution is -2.11. The number of halogens is 2. The number of anilines is 1. The Morgan fingerprint density at radius 1 is 1.17 bits per heavy atom. The van der Waals surface area contributed by atoms with Gasteiger partial charge in [-0.05, 0) is 42.3 Å². The maximum atomic E-state index is 13.2. The van der Waals surface area contributed by atoms with Crippen LogP contribution in [0.3, 0.4) is 0 Å². The van der Waals surface area contributed by atoms with Crippen LogP contribution in [-0.2, 0) is 0 Å². The molecule has 1 atom stereocenters. The van der Waals surface area contributed by atoms with Crippen LogP contribution >= 0.6 is 11.3 Å². The van der Waals surface area contributed by atoms with Crippen LogP contribution in [0.25, 0.3) is 0 Å². The van der Waals surface area contributed by atoms with Crippen molar-refractivity contribution in [2.45, 2.75) is 18.9 Å². The summed E-state index contributed by atoms with van der Waals surface area (Å²) < 4.78 is 26.3. The molecular weight excluding hydrogens is 252 g/mol. The number of benzene rings is 1. The SMILES string of the molecule is Fc1cc(F)cc(NC(c2cccs2)C2CC2)c1. The van der Waals surface area contributed by atoms with Crippen molar-refractivity contribution in [1.82, 2.24) is 0 Å². The first-order valence-electron chi connectivity index (χ1n) is 5.98. The third-order valence-corrected chi connectivity index (χ3v) is 4.08. The van der Waals surface area contributed by atoms with Gasteiger partial charge in [-0.3, -0.25) is 0 Å². The summed E-state index contributed by atoms with van der Waals surface area (Å²) >= 11 is 1.68. The Bertz CT molecular complexity index is 514. The lowest BCUT2D eigenvalue weighted by Gasteiger charge is -2.18. The van der Waals surface area contributed by atoms with E-state index in [-0.39, 0.29) is 6.04 Å². The molecule has 1 heterocycles. The summed E-state index contributed by atoms with van der Waals surface area (Å²) in [4.78, 5) is 1.22. The summed E-state index contributed by atoms with van der Waals surface area (Å²) in [5.74, 6) is -0.508. The van der Waals surface area contributed by atoms with Gasteiger partial charge in [0.25, 0.3) is 0 Å². The van der Waals surface area contributed by atoms with Crippen molar-refractivity contribution in [3.05, 3.63) is 52.2 Å². The number of nitrogens with one attached hydrogen (secondary N) is 1. The Labute approximate surface area is 108 Å². The molecule has 1 N–H and O–H groups in total. The van der Waals surface area contributed by atoms with Gasteiger partial charge in [-0.15, -0.1) is 11.3 Å². The second-order valence-corrected chi connectivity index (χ2v) is 5.61. The molecule has 2 aromatic rings. The van der Waals surface area contributed by atoms with Crippen LogP contribution in [0.1, 0.15) is 23.8 Å². The number of hydrogen-bond acceptors (Lipinski definition) is 2. The predicted octanol–water partition coefficient (Wildman–Crippen LogP) is 4.59. The summed E-state index contributed by atoms with van der Waals surface area (Å²) in [5.41, 5.74) is 0.512. The van der Waals surface area contributed by atoms with E-state index in [4.69, 9.17) is 0 Å². The molecule has 0 amide bonds. The van der Waals surface area contributed by atoms with Crippen LogP contribution < -0.4 is 5.32 Å². The molecule has 1 saturated carbocycles. The summed E-state index contributed by atoms with van der Waals surface area (Å²) in [6.07, 6.45) is 2.35. The fraction of sp³-hybridized carbons (Fsp3) is 0.286. The average Bonchev–Trinajstić information content (AvgIpc) is 3.00. The third kappa shape index (κ3) is 2.53. The Balaban J connectivity index is 1.84. The number of hydrogen-bond donors (Lipinski definition) is 1. The monoisotopic (exact) mass is 265 g/mol. The molecule has 0 radical (unpaired) electrons. The second kappa shape index (κ2) is 4.69. The quantitative estimate of drug-likeness (QED) is 0.852. The van der Waals surface area contributed by atoms with E-state index in [0.717, 1.165) is 6.07 Å². The van der Waals surface area contributed by atoms with Crippen LogP contribution in [-0.4, -0.2) is 0 Å². The van der Waals surface area contributed by atoms with Gasteiger partial charge in [0.2, 0.25) is 0 Å². The molecular formula is C14H13F2NS. The highest BCUT2D eigenvalue weighted by atomic mass is 32.1. The Morgan fingerprint density at radius 3 is 2.44 bits per heavy atom. The van der Waals surface area contributed by atoms with Crippen LogP contribution in [0, 0.1) is 17.6 Å². The van der Waals surface area contributed by atoms with Gasteiger partial charge in [-0.2, -0.15) is 0 Å². The van der Waals surface area contributed by atoms with Crippen LogP contribution in [0.5, 0.6) is 0 Å². The standard InChI is InChI=1S/C14H13F2NS/c15-10-6-11(16)8-12(7-10)17-14(9-3-4-9)13-2-1-5-18-13/h1-2,5-9,14,17H,3-4H2. The molecule has 0 saturated heterocycles. The average molecular weight is 265 g/mol. The summed E-state index contributed by atoms with van der Waals surface area (Å²) in [6.45, 7) is 0. The molecule has 94 valence electrons. The van der Waals surface area contributed by atoms with Crippen molar-refractivity contribution in [1.29, 1.82) is 0 Å². The molecule has 3 rings (SSSR count). The van der Waals surface area contributed by atoms with Gasteiger partial charge in [0.15, 0.2) is 0 Å². The lowest BCUT2D eigenvalue weighted by molar-refractivity contribution is 0.582. The van der Waals surface area contributed by atoms with Gasteiger partial charge in [-0.1, -0.05) is 6.07 Å². The van der Waals surface area contributed by atoms with Crippen molar-refractivity contribution < 1.29 is 8.78 Å². The molecule has 1 unspecified atom stereocenters. The minimum Gasteiger partial charge on any atom is -0.377 e. The van der Waals surface area contributed by atoms with Gasteiger partial charge in [0.05, 0.1) is 6.04 Å². The minimum atomic E-state index is -0.543. The van der Waals surface area contributed by atoms with E-state index in [1.807, 2.05) is 11.4 Å². The Hall–Kier alpha value is -1.42. The van der Waals surface area contributed by atoms with E-state index in [1.54, 1.807) is 11.3 Å². The zero-order valence-electron chi connectivity index (χ0n) is 9.70. The van der Waals surface area contributed by atoms with Gasteiger partial charge in [0, 0.05) is 16.6 Å². The molecule has 0 aliphatic heterocycles. The smallest absolute Gasteiger partial charge is 0.128 e. The first-order chi connectivity index (χ1) is 8.72. The zero-order valence-corrected chi connectivity index (χ0v) is 10.5. The van der Waals surface area contributed by atoms with Crippen molar-refractivity contribution in [2.75, 3.05) is 5.32 Å². The maximum absolute atomic E-state index is 13.2. The first kappa shape index (κ1) is 11.7. The van der Waals surface area contributed by atoms with Crippen molar-refractivity contribution >= 4 is 17.0 Å². The largest absolute Gasteiger partial charge is 0.377 e. The molecule has 1 fully saturated rings. The molecule has 0 bridgehead atoms. The fourth-order valence-electron chi connectivity index (χ4n) is 2.14. The van der Waals surface area contributed by atoms with E-state index in [0.29, 0.717) is 11.6 Å². The predicted molar refractivity (Wildman–Crippen MR) is 69.8 cm³/mol. The molecule has 1 nitrogen and oxygen atoms in total. The molecule has 1 aliphatic rings. The lowest BCUT2D eigenvalue weighted by atomic mass is 10.1. The first-order valence-corrected chi connectivity index (χ1v) is 6.86. The van der Waals surface area contributed by atoms with Crippen molar-refractivity contribution in [3.8, 4) is 0 Å². The topological polar surface area (TPSA) is 12.0 Å². The zero-order chi connectivity index (χ0) is 12.5. The summed E-state index contributed by atoms with van der Waals surface area (Å²) in [5, 5.41) is 5.28. The Morgan fingerprint density at radius 2 is 1.89 bits per heavy atom. The van der Waals surface area contributed by atoms with Crippen molar-refractivity contribution in [2.24, 2.45) is 5.92 Å². The van der Waals surface area contributed by atoms with E-state index < -0.39 is 11.6 Å². The van der Waals surface area contributed by atoms with Gasteiger partial charge in [0.1, 0.15) is 11.6 Å². The van der Waals surface area contributed by atoms with E-state index in [1.165, 1.54) is 29.9 Å². The number of rotatable bonds is 4. The molecule has 1 aromatic heterocycles.